The van der Waals surface area contributed by atoms with Gasteiger partial charge in [-0.3, -0.25) is 19.5 Å². The second-order valence-corrected chi connectivity index (χ2v) is 19.3. The number of aliphatic imine (C=N–C) groups is 1. The lowest BCUT2D eigenvalue weighted by molar-refractivity contribution is -0.138. The first-order valence-electron chi connectivity index (χ1n) is 26.3. The van der Waals surface area contributed by atoms with Crippen molar-refractivity contribution < 1.29 is 40.7 Å². The molecular weight excluding hydrogens is 1000 g/mol. The predicted molar refractivity (Wildman–Crippen MR) is 289 cm³/mol. The Morgan fingerprint density at radius 1 is 0.701 bits per heavy atom. The van der Waals surface area contributed by atoms with Crippen LogP contribution in [0.3, 0.4) is 0 Å². The van der Waals surface area contributed by atoms with E-state index in [0.29, 0.717) is 78.0 Å². The number of aromatic nitrogens is 4. The summed E-state index contributed by atoms with van der Waals surface area (Å²) in [5.41, 5.74) is 9.48. The highest BCUT2D eigenvalue weighted by Crippen LogP contribution is 2.33. The second-order valence-electron chi connectivity index (χ2n) is 19.3. The number of anilines is 2. The van der Waals surface area contributed by atoms with Crippen molar-refractivity contribution in [1.29, 1.82) is 0 Å². The number of hydrogen-bond acceptors (Lipinski definition) is 12. The molecular formula is C57H71F6N11O3. The number of pyridine rings is 2. The van der Waals surface area contributed by atoms with Crippen LogP contribution in [0.2, 0.25) is 0 Å². The minimum absolute atomic E-state index is 0.107. The van der Waals surface area contributed by atoms with Crippen LogP contribution in [0.25, 0.3) is 17.0 Å². The quantitative estimate of drug-likeness (QED) is 0.0715. The van der Waals surface area contributed by atoms with Gasteiger partial charge in [0.05, 0.1) is 48.5 Å². The van der Waals surface area contributed by atoms with E-state index >= 15 is 0 Å². The maximum absolute atomic E-state index is 14.1. The number of carbonyl (C=O) groups is 2. The van der Waals surface area contributed by atoms with Crippen LogP contribution in [0.15, 0.2) is 103 Å². The van der Waals surface area contributed by atoms with Gasteiger partial charge in [-0.15, -0.1) is 0 Å². The van der Waals surface area contributed by atoms with E-state index in [-0.39, 0.29) is 35.7 Å². The van der Waals surface area contributed by atoms with Gasteiger partial charge in [-0.25, -0.2) is 19.9 Å². The minimum Gasteiger partial charge on any atom is -0.404 e. The summed E-state index contributed by atoms with van der Waals surface area (Å²) in [5, 5.41) is 6.26. The molecule has 0 aliphatic carbocycles. The summed E-state index contributed by atoms with van der Waals surface area (Å²) in [6.45, 7) is 18.7. The first kappa shape index (κ1) is 59.3. The van der Waals surface area contributed by atoms with Crippen molar-refractivity contribution in [3.05, 3.63) is 137 Å². The van der Waals surface area contributed by atoms with Crippen molar-refractivity contribution in [1.82, 2.24) is 34.6 Å². The number of nitrogens with two attached hydrogens (primary N) is 1. The van der Waals surface area contributed by atoms with Gasteiger partial charge >= 0.3 is 12.4 Å². The number of aryl methyl sites for hydroxylation is 2. The molecule has 0 saturated carbocycles. The normalized spacial score (nSPS) is 19.4. The van der Waals surface area contributed by atoms with E-state index < -0.39 is 23.5 Å². The minimum atomic E-state index is -4.44. The number of nitrogens with zero attached hydrogens (tertiary/aromatic N) is 8. The summed E-state index contributed by atoms with van der Waals surface area (Å²) >= 11 is 0. The van der Waals surface area contributed by atoms with E-state index in [1.807, 2.05) is 73.9 Å². The van der Waals surface area contributed by atoms with Gasteiger partial charge in [-0.1, -0.05) is 63.1 Å². The zero-order valence-electron chi connectivity index (χ0n) is 44.7. The molecule has 0 unspecified atom stereocenters. The number of allylic oxidation sites excluding steroid dienone is 1. The molecule has 3 aliphatic rings. The van der Waals surface area contributed by atoms with Gasteiger partial charge in [0.2, 0.25) is 0 Å². The maximum atomic E-state index is 14.1. The summed E-state index contributed by atoms with van der Waals surface area (Å²) in [6, 6.07) is 17.4. The average molecular weight is 1070 g/mol. The summed E-state index contributed by atoms with van der Waals surface area (Å²) < 4.78 is 82.6. The Morgan fingerprint density at radius 3 is 1.70 bits per heavy atom. The first-order chi connectivity index (χ1) is 36.9. The molecule has 414 valence electrons. The molecule has 4 N–H and O–H groups in total. The van der Waals surface area contributed by atoms with Gasteiger partial charge in [0.25, 0.3) is 11.8 Å². The van der Waals surface area contributed by atoms with Gasteiger partial charge < -0.3 is 30.9 Å². The fourth-order valence-corrected chi connectivity index (χ4v) is 9.63. The zero-order valence-corrected chi connectivity index (χ0v) is 44.7. The SMILES string of the molecule is CC.Cc1ccc(-c2ncccn2)c(C(=O)N2CCC[C@@H](C)[C@H]2CNc2ccc(C(F)(F)F)cn2)c1.Cc1ccc(/C(C=NCCN2CCOCC2)=C/N)c(C(=O)N2CCC[C@@H](C)[C@H]2CNc2ccc(C(F)(F)F)cn2)c1. The number of halogens is 6. The Morgan fingerprint density at radius 2 is 1.21 bits per heavy atom. The molecule has 0 radical (unpaired) electrons. The number of hydrogen-bond donors (Lipinski definition) is 3. The number of morpholine rings is 1. The molecule has 3 aliphatic heterocycles. The van der Waals surface area contributed by atoms with Crippen molar-refractivity contribution in [3.63, 3.8) is 0 Å². The fraction of sp³-hybridized carbons (Fsp3) is 0.456. The number of benzene rings is 2. The molecule has 0 bridgehead atoms. The van der Waals surface area contributed by atoms with Crippen LogP contribution < -0.4 is 16.4 Å². The summed E-state index contributed by atoms with van der Waals surface area (Å²) in [6.07, 6.45) is 2.90. The van der Waals surface area contributed by atoms with Gasteiger partial charge in [0.1, 0.15) is 11.6 Å². The molecule has 3 aromatic heterocycles. The summed E-state index contributed by atoms with van der Waals surface area (Å²) in [4.78, 5) is 54.9. The lowest BCUT2D eigenvalue weighted by atomic mass is 9.89. The van der Waals surface area contributed by atoms with Crippen LogP contribution in [0.4, 0.5) is 38.0 Å². The molecule has 4 atom stereocenters. The smallest absolute Gasteiger partial charge is 0.404 e. The van der Waals surface area contributed by atoms with Gasteiger partial charge in [-0.2, -0.15) is 26.3 Å². The topological polar surface area (TPSA) is 167 Å². The number of ether oxygens (including phenoxy) is 1. The predicted octanol–water partition coefficient (Wildman–Crippen LogP) is 10.7. The Kier molecular flexibility index (Phi) is 21.5. The molecule has 77 heavy (non-hydrogen) atoms. The van der Waals surface area contributed by atoms with Crippen molar-refractivity contribution in [2.24, 2.45) is 22.6 Å². The number of amides is 2. The maximum Gasteiger partial charge on any atom is 0.417 e. The molecule has 6 heterocycles. The molecule has 8 rings (SSSR count). The van der Waals surface area contributed by atoms with Crippen molar-refractivity contribution in [3.8, 4) is 11.4 Å². The third-order valence-corrected chi connectivity index (χ3v) is 13.9. The highest BCUT2D eigenvalue weighted by atomic mass is 19.4. The van der Waals surface area contributed by atoms with E-state index in [1.54, 1.807) is 24.7 Å². The highest BCUT2D eigenvalue weighted by Gasteiger charge is 2.36. The van der Waals surface area contributed by atoms with E-state index in [0.717, 1.165) is 94.2 Å². The number of nitrogens with one attached hydrogen (secondary N) is 2. The van der Waals surface area contributed by atoms with E-state index in [2.05, 4.69) is 54.3 Å². The van der Waals surface area contributed by atoms with E-state index in [9.17, 15) is 35.9 Å². The number of alkyl halides is 6. The molecule has 5 aromatic rings. The number of likely N-dealkylation sites (tertiary alicyclic amines) is 2. The van der Waals surface area contributed by atoms with Crippen molar-refractivity contribution in [2.75, 3.05) is 76.2 Å². The second kappa shape index (κ2) is 27.9. The highest BCUT2D eigenvalue weighted by molar-refractivity contribution is 6.14. The molecule has 2 amide bonds. The molecule has 2 aromatic carbocycles. The third kappa shape index (κ3) is 16.3. The third-order valence-electron chi connectivity index (χ3n) is 13.9. The monoisotopic (exact) mass is 1070 g/mol. The lowest BCUT2D eigenvalue weighted by Crippen LogP contribution is -2.51. The van der Waals surface area contributed by atoms with E-state index in [4.69, 9.17) is 10.5 Å². The lowest BCUT2D eigenvalue weighted by Gasteiger charge is -2.40. The van der Waals surface area contributed by atoms with Crippen LogP contribution in [0.5, 0.6) is 0 Å². The average Bonchev–Trinajstić information content (AvgIpc) is 3.43. The van der Waals surface area contributed by atoms with Crippen LogP contribution in [0.1, 0.15) is 102 Å². The van der Waals surface area contributed by atoms with Gasteiger partial charge in [0, 0.05) is 99.7 Å². The fourth-order valence-electron chi connectivity index (χ4n) is 9.63. The Balaban J connectivity index is 0.000000246. The molecule has 3 saturated heterocycles. The molecule has 20 heteroatoms. The van der Waals surface area contributed by atoms with Gasteiger partial charge in [0.15, 0.2) is 5.82 Å². The van der Waals surface area contributed by atoms with Crippen LogP contribution in [-0.4, -0.2) is 130 Å². The Hall–Kier alpha value is -6.93. The standard InChI is InChI=1S/C30H39F3N6O2.C25H26F3N5O.C2H6/c1-21-5-7-25(23(17-34)18-35-9-11-38-12-14-41-15-13-38)26(16-21)29(40)39-10-3-4-22(2)27(39)20-37-28-8-6-24(19-36-28)30(31,32)33;1-16-6-8-19(23-29-10-4-11-30-23)20(13-16)24(34)33-12-3-5-17(2)21(33)15-32-22-9-7-18(14-31-22)25(26,27)28;1-2/h5-8,16-19,22,27H,3-4,9-15,20,34H2,1-2H3,(H,36,37);4,6-11,13-14,17,21H,3,5,12,15H2,1-2H3,(H,31,32);1-2H3/b23-17+,35-18?;;/t22-,27-;17-,21-;/m11./s1. The van der Waals surface area contributed by atoms with Gasteiger partial charge in [-0.05, 0) is 99.4 Å². The Bertz CT molecular complexity index is 2740. The summed E-state index contributed by atoms with van der Waals surface area (Å²) in [5.74, 6) is 1.34. The number of rotatable bonds is 14. The Labute approximate surface area is 447 Å². The van der Waals surface area contributed by atoms with Crippen molar-refractivity contribution in [2.45, 2.75) is 91.7 Å². The number of piperidine rings is 2. The molecule has 0 spiro atoms. The first-order valence-corrected chi connectivity index (χ1v) is 26.3. The molecule has 3 fully saturated rings. The number of carbonyl (C=O) groups excluding carboxylic acids is 2. The summed E-state index contributed by atoms with van der Waals surface area (Å²) in [7, 11) is 0. The van der Waals surface area contributed by atoms with E-state index in [1.165, 1.54) is 18.3 Å². The molecule has 14 nitrogen and oxygen atoms in total. The zero-order chi connectivity index (χ0) is 55.7. The largest absolute Gasteiger partial charge is 0.417 e. The van der Waals surface area contributed by atoms with Crippen LogP contribution >= 0.6 is 0 Å². The van der Waals surface area contributed by atoms with Crippen molar-refractivity contribution >= 4 is 35.2 Å². The van der Waals surface area contributed by atoms with Crippen LogP contribution in [-0.2, 0) is 17.1 Å². The van der Waals surface area contributed by atoms with Crippen LogP contribution in [0, 0.1) is 25.7 Å².